The predicted molar refractivity (Wildman–Crippen MR) is 64.5 cm³/mol. The number of nitrogens with zero attached hydrogens (tertiary/aromatic N) is 2. The van der Waals surface area contributed by atoms with E-state index in [0.717, 1.165) is 23.6 Å². The Kier molecular flexibility index (Phi) is 3.04. The molecule has 0 fully saturated rings. The molecule has 0 saturated heterocycles. The first-order valence-electron chi connectivity index (χ1n) is 5.60. The van der Waals surface area contributed by atoms with E-state index in [2.05, 4.69) is 40.9 Å². The minimum atomic E-state index is 0.444. The van der Waals surface area contributed by atoms with Crippen molar-refractivity contribution >= 4 is 0 Å². The maximum atomic E-state index is 4.38. The molecular weight excluding hydrogens is 198 g/mol. The third-order valence-electron chi connectivity index (χ3n) is 2.54. The minimum Gasteiger partial charge on any atom is -0.345 e. The van der Waals surface area contributed by atoms with E-state index in [1.54, 1.807) is 0 Å². The minimum absolute atomic E-state index is 0.444. The molecule has 3 nitrogen and oxygen atoms in total. The molecule has 0 aliphatic heterocycles. The van der Waals surface area contributed by atoms with Gasteiger partial charge < -0.3 is 4.98 Å². The van der Waals surface area contributed by atoms with Crippen molar-refractivity contribution in [2.24, 2.45) is 0 Å². The summed E-state index contributed by atoms with van der Waals surface area (Å²) in [7, 11) is 0. The Morgan fingerprint density at radius 2 is 2.00 bits per heavy atom. The lowest BCUT2D eigenvalue weighted by Crippen LogP contribution is -1.94. The molecule has 0 aromatic carbocycles. The van der Waals surface area contributed by atoms with Crippen LogP contribution in [0.15, 0.2) is 24.5 Å². The van der Waals surface area contributed by atoms with Gasteiger partial charge in [-0.2, -0.15) is 0 Å². The lowest BCUT2D eigenvalue weighted by Gasteiger charge is -2.00. The number of H-pyrrole nitrogens is 1. The Labute approximate surface area is 96.0 Å². The molecule has 0 atom stereocenters. The number of pyridine rings is 1. The van der Waals surface area contributed by atoms with Crippen LogP contribution in [0.4, 0.5) is 0 Å². The molecular formula is C13H17N3. The zero-order valence-electron chi connectivity index (χ0n) is 9.99. The third-order valence-corrected chi connectivity index (χ3v) is 2.54. The van der Waals surface area contributed by atoms with Crippen molar-refractivity contribution in [2.45, 2.75) is 33.1 Å². The molecule has 2 rings (SSSR count). The first kappa shape index (κ1) is 10.9. The number of hydrogen-bond acceptors (Lipinski definition) is 2. The largest absolute Gasteiger partial charge is 0.345 e. The van der Waals surface area contributed by atoms with Crippen molar-refractivity contribution in [1.29, 1.82) is 0 Å². The molecule has 2 heterocycles. The second kappa shape index (κ2) is 4.47. The first-order chi connectivity index (χ1) is 7.65. The van der Waals surface area contributed by atoms with Gasteiger partial charge in [-0.25, -0.2) is 4.98 Å². The van der Waals surface area contributed by atoms with Crippen molar-refractivity contribution in [3.05, 3.63) is 47.3 Å². The van der Waals surface area contributed by atoms with Gasteiger partial charge in [0.05, 0.1) is 0 Å². The van der Waals surface area contributed by atoms with E-state index in [1.807, 2.05) is 19.3 Å². The third kappa shape index (κ3) is 2.48. The Bertz CT molecular complexity index is 454. The molecule has 0 saturated carbocycles. The van der Waals surface area contributed by atoms with Gasteiger partial charge in [0.15, 0.2) is 0 Å². The van der Waals surface area contributed by atoms with E-state index in [-0.39, 0.29) is 0 Å². The van der Waals surface area contributed by atoms with Crippen LogP contribution < -0.4 is 0 Å². The summed E-state index contributed by atoms with van der Waals surface area (Å²) in [5.74, 6) is 1.49. The Morgan fingerprint density at radius 3 is 2.56 bits per heavy atom. The first-order valence-corrected chi connectivity index (χ1v) is 5.60. The van der Waals surface area contributed by atoms with Gasteiger partial charge in [-0.05, 0) is 18.6 Å². The van der Waals surface area contributed by atoms with E-state index in [4.69, 9.17) is 0 Å². The second-order valence-electron chi connectivity index (χ2n) is 4.45. The molecule has 2 aromatic rings. The fraction of sp³-hybridized carbons (Fsp3) is 0.385. The maximum Gasteiger partial charge on any atom is 0.108 e. The van der Waals surface area contributed by atoms with Gasteiger partial charge in [-0.1, -0.05) is 19.9 Å². The molecule has 0 aliphatic carbocycles. The molecule has 1 N–H and O–H groups in total. The highest BCUT2D eigenvalue weighted by Crippen LogP contribution is 2.12. The van der Waals surface area contributed by atoms with Crippen molar-refractivity contribution in [3.8, 4) is 0 Å². The highest BCUT2D eigenvalue weighted by atomic mass is 14.9. The summed E-state index contributed by atoms with van der Waals surface area (Å²) in [6, 6.07) is 4.15. The van der Waals surface area contributed by atoms with Crippen LogP contribution in [-0.4, -0.2) is 15.0 Å². The average molecular weight is 215 g/mol. The molecule has 84 valence electrons. The Hall–Kier alpha value is -1.64. The topological polar surface area (TPSA) is 41.6 Å². The number of aromatic amines is 1. The fourth-order valence-electron chi connectivity index (χ4n) is 1.56. The summed E-state index contributed by atoms with van der Waals surface area (Å²) in [6.45, 7) is 6.31. The van der Waals surface area contributed by atoms with Crippen molar-refractivity contribution in [1.82, 2.24) is 15.0 Å². The molecule has 0 radical (unpaired) electrons. The second-order valence-corrected chi connectivity index (χ2v) is 4.45. The van der Waals surface area contributed by atoms with Crippen molar-refractivity contribution in [2.75, 3.05) is 0 Å². The highest BCUT2D eigenvalue weighted by Gasteiger charge is 2.05. The number of aryl methyl sites for hydroxylation is 1. The normalized spacial score (nSPS) is 11.0. The zero-order valence-corrected chi connectivity index (χ0v) is 9.99. The quantitative estimate of drug-likeness (QED) is 0.855. The number of aromatic nitrogens is 3. The van der Waals surface area contributed by atoms with E-state index in [9.17, 15) is 0 Å². The predicted octanol–water partition coefficient (Wildman–Crippen LogP) is 2.83. The van der Waals surface area contributed by atoms with Gasteiger partial charge in [-0.3, -0.25) is 4.98 Å². The smallest absolute Gasteiger partial charge is 0.108 e. The Morgan fingerprint density at radius 1 is 1.19 bits per heavy atom. The summed E-state index contributed by atoms with van der Waals surface area (Å²) in [6.07, 6.45) is 4.62. The summed E-state index contributed by atoms with van der Waals surface area (Å²) in [4.78, 5) is 12.1. The Balaban J connectivity index is 2.11. The highest BCUT2D eigenvalue weighted by molar-refractivity contribution is 5.17. The number of hydrogen-bond donors (Lipinski definition) is 1. The fourth-order valence-corrected chi connectivity index (χ4v) is 1.56. The average Bonchev–Trinajstić information content (AvgIpc) is 2.70. The van der Waals surface area contributed by atoms with Gasteiger partial charge in [-0.15, -0.1) is 0 Å². The van der Waals surface area contributed by atoms with Gasteiger partial charge >= 0.3 is 0 Å². The van der Waals surface area contributed by atoms with Crippen LogP contribution in [0.25, 0.3) is 0 Å². The monoisotopic (exact) mass is 215 g/mol. The van der Waals surface area contributed by atoms with Gasteiger partial charge in [0.1, 0.15) is 5.82 Å². The molecule has 3 heteroatoms. The van der Waals surface area contributed by atoms with Gasteiger partial charge in [0.25, 0.3) is 0 Å². The van der Waals surface area contributed by atoms with Gasteiger partial charge in [0.2, 0.25) is 0 Å². The molecule has 0 spiro atoms. The molecule has 16 heavy (non-hydrogen) atoms. The van der Waals surface area contributed by atoms with E-state index in [0.29, 0.717) is 5.92 Å². The zero-order chi connectivity index (χ0) is 11.5. The van der Waals surface area contributed by atoms with Gasteiger partial charge in [0, 0.05) is 36.1 Å². The number of rotatable bonds is 3. The standard InChI is InChI=1S/C13H17N3/c1-9(2)13-15-8-12(16-13)6-11-5-4-10(3)7-14-11/h4-5,7-9H,6H2,1-3H3,(H,15,16). The molecule has 0 amide bonds. The lowest BCUT2D eigenvalue weighted by atomic mass is 10.2. The van der Waals surface area contributed by atoms with Crippen LogP contribution >= 0.6 is 0 Å². The van der Waals surface area contributed by atoms with Crippen LogP contribution in [0.5, 0.6) is 0 Å². The van der Waals surface area contributed by atoms with E-state index < -0.39 is 0 Å². The van der Waals surface area contributed by atoms with Crippen LogP contribution in [0.3, 0.4) is 0 Å². The summed E-state index contributed by atoms with van der Waals surface area (Å²) < 4.78 is 0. The van der Waals surface area contributed by atoms with Crippen molar-refractivity contribution in [3.63, 3.8) is 0 Å². The maximum absolute atomic E-state index is 4.38. The summed E-state index contributed by atoms with van der Waals surface area (Å²) >= 11 is 0. The molecule has 0 aliphatic rings. The molecule has 0 bridgehead atoms. The number of nitrogens with one attached hydrogen (secondary N) is 1. The SMILES string of the molecule is Cc1ccc(Cc2cnc(C(C)C)[nH]2)nc1. The van der Waals surface area contributed by atoms with Crippen LogP contribution in [-0.2, 0) is 6.42 Å². The molecule has 0 unspecified atom stereocenters. The lowest BCUT2D eigenvalue weighted by molar-refractivity contribution is 0.789. The summed E-state index contributed by atoms with van der Waals surface area (Å²) in [5.41, 5.74) is 3.39. The van der Waals surface area contributed by atoms with Crippen LogP contribution in [0.1, 0.15) is 42.5 Å². The van der Waals surface area contributed by atoms with Crippen molar-refractivity contribution < 1.29 is 0 Å². The summed E-state index contributed by atoms with van der Waals surface area (Å²) in [5, 5.41) is 0. The molecule has 2 aromatic heterocycles. The van der Waals surface area contributed by atoms with E-state index in [1.165, 1.54) is 5.56 Å². The van der Waals surface area contributed by atoms with Crippen LogP contribution in [0, 0.1) is 6.92 Å². The number of imidazole rings is 1. The van der Waals surface area contributed by atoms with Crippen LogP contribution in [0.2, 0.25) is 0 Å². The van der Waals surface area contributed by atoms with E-state index >= 15 is 0 Å².